The number of aromatic hydroxyl groups is 1. The SMILES string of the molecule is CC[C@H](OC(=O)[C@H](C)ON=C1c2cc([N+](=O)[O-])cc([N+](=O)[O-])c2-c2c1cc([N+](=O)[O-])cc2[N+](=O)[O-])c1cc2n(c(=O)c1COC=O)Cc1cc3c(CN(C)C)c(O)ccc3nc1-2. The minimum absolute atomic E-state index is 0.0110. The molecule has 3 heterocycles. The Morgan fingerprint density at radius 2 is 1.55 bits per heavy atom. The van der Waals surface area contributed by atoms with Gasteiger partial charge in [0, 0.05) is 51.9 Å². The van der Waals surface area contributed by atoms with Crippen LogP contribution in [0.15, 0.2) is 58.5 Å². The van der Waals surface area contributed by atoms with Crippen molar-refractivity contribution in [3.8, 4) is 28.3 Å². The second kappa shape index (κ2) is 16.1. The summed E-state index contributed by atoms with van der Waals surface area (Å²) in [6, 6.07) is 9.42. The maximum Gasteiger partial charge on any atom is 0.350 e. The molecule has 1 aliphatic heterocycles. The van der Waals surface area contributed by atoms with E-state index in [0.29, 0.717) is 52.1 Å². The number of aromatic nitrogens is 2. The molecule has 3 aromatic carbocycles. The first-order chi connectivity index (χ1) is 29.4. The van der Waals surface area contributed by atoms with E-state index in [0.717, 1.165) is 12.1 Å². The van der Waals surface area contributed by atoms with Gasteiger partial charge in [0.15, 0.2) is 0 Å². The van der Waals surface area contributed by atoms with Crippen LogP contribution in [0.25, 0.3) is 33.4 Å². The van der Waals surface area contributed by atoms with Gasteiger partial charge in [-0.3, -0.25) is 50.0 Å². The number of non-ortho nitro benzene ring substituents is 2. The monoisotopic (exact) mass is 852 g/mol. The number of carbonyl (C=O) groups is 2. The lowest BCUT2D eigenvalue weighted by atomic mass is 9.99. The molecule has 0 bridgehead atoms. The van der Waals surface area contributed by atoms with Crippen LogP contribution in [0.4, 0.5) is 22.7 Å². The minimum atomic E-state index is -1.64. The first kappa shape index (κ1) is 41.9. The smallest absolute Gasteiger partial charge is 0.350 e. The number of ether oxygens (including phenoxy) is 2. The van der Waals surface area contributed by atoms with E-state index >= 15 is 0 Å². The molecular weight excluding hydrogens is 820 g/mol. The molecule has 1 N–H and O–H groups in total. The van der Waals surface area contributed by atoms with Gasteiger partial charge in [-0.25, -0.2) is 9.78 Å². The molecular formula is C39H32N8O15. The third-order valence-corrected chi connectivity index (χ3v) is 10.3. The van der Waals surface area contributed by atoms with Crippen LogP contribution in [0.5, 0.6) is 5.75 Å². The van der Waals surface area contributed by atoms with Crippen LogP contribution in [0, 0.1) is 40.5 Å². The highest BCUT2D eigenvalue weighted by Crippen LogP contribution is 2.50. The number of rotatable bonds is 15. The number of carbonyl (C=O) groups excluding carboxylic acids is 2. The molecule has 0 amide bonds. The maximum absolute atomic E-state index is 14.1. The Bertz CT molecular complexity index is 2830. The summed E-state index contributed by atoms with van der Waals surface area (Å²) in [6.45, 7) is 2.98. The summed E-state index contributed by atoms with van der Waals surface area (Å²) in [5.74, 6) is -1.01. The molecule has 62 heavy (non-hydrogen) atoms. The van der Waals surface area contributed by atoms with Crippen molar-refractivity contribution >= 4 is 51.8 Å². The average Bonchev–Trinajstić information content (AvgIpc) is 3.75. The summed E-state index contributed by atoms with van der Waals surface area (Å²) in [4.78, 5) is 95.3. The van der Waals surface area contributed by atoms with E-state index in [1.54, 1.807) is 19.1 Å². The number of benzene rings is 3. The number of pyridine rings is 2. The van der Waals surface area contributed by atoms with Gasteiger partial charge >= 0.3 is 5.97 Å². The van der Waals surface area contributed by atoms with E-state index < -0.39 is 101 Å². The molecule has 7 rings (SSSR count). The van der Waals surface area contributed by atoms with Crippen molar-refractivity contribution in [3.05, 3.63) is 133 Å². The largest absolute Gasteiger partial charge is 0.508 e. The highest BCUT2D eigenvalue weighted by molar-refractivity contribution is 6.27. The number of fused-ring (bicyclic) bond motifs is 7. The van der Waals surface area contributed by atoms with Gasteiger partial charge in [0.25, 0.3) is 34.8 Å². The van der Waals surface area contributed by atoms with E-state index in [-0.39, 0.29) is 36.3 Å². The third-order valence-electron chi connectivity index (χ3n) is 10.3. The molecule has 318 valence electrons. The zero-order valence-corrected chi connectivity index (χ0v) is 32.9. The Kier molecular flexibility index (Phi) is 10.9. The second-order valence-electron chi connectivity index (χ2n) is 14.5. The molecule has 0 unspecified atom stereocenters. The second-order valence-corrected chi connectivity index (χ2v) is 14.5. The molecule has 0 spiro atoms. The average molecular weight is 853 g/mol. The molecule has 1 aliphatic carbocycles. The van der Waals surface area contributed by atoms with Crippen LogP contribution < -0.4 is 5.56 Å². The normalized spacial score (nSPS) is 13.1. The predicted octanol–water partition coefficient (Wildman–Crippen LogP) is 5.33. The Hall–Kier alpha value is -8.21. The number of phenols is 1. The summed E-state index contributed by atoms with van der Waals surface area (Å²) < 4.78 is 12.3. The Labute approximate surface area is 347 Å². The summed E-state index contributed by atoms with van der Waals surface area (Å²) in [5.41, 5.74) is -3.59. The van der Waals surface area contributed by atoms with Crippen LogP contribution in [-0.2, 0) is 43.6 Å². The zero-order valence-electron chi connectivity index (χ0n) is 32.9. The standard InChI is InChI=1S/C39H32N8O15/c1-5-33(23-13-31-36-19(14-43(31)38(50)27(23)16-60-17-48)8-22-26(15-42(3)4)32(49)7-6-28(22)40-36)61-39(51)18(2)62-41-37-24-9-20(44(52)53)11-29(46(56)57)34(24)35-25(37)10-21(45(54)55)12-30(35)47(58)59/h6-13,17-18,33,49H,5,14-16H2,1-4H3/t18-,33-/m0/s1. The topological polar surface area (TPSA) is 305 Å². The summed E-state index contributed by atoms with van der Waals surface area (Å²) >= 11 is 0. The van der Waals surface area contributed by atoms with Crippen LogP contribution in [0.3, 0.4) is 0 Å². The predicted molar refractivity (Wildman–Crippen MR) is 214 cm³/mol. The fraction of sp³-hybridized carbons (Fsp3) is 0.256. The quantitative estimate of drug-likeness (QED) is 0.0589. The van der Waals surface area contributed by atoms with Crippen molar-refractivity contribution in [1.82, 2.24) is 14.5 Å². The van der Waals surface area contributed by atoms with Crippen molar-refractivity contribution in [2.24, 2.45) is 5.16 Å². The fourth-order valence-corrected chi connectivity index (χ4v) is 7.58. The van der Waals surface area contributed by atoms with Crippen LogP contribution in [0.1, 0.15) is 59.8 Å². The van der Waals surface area contributed by atoms with Crippen LogP contribution in [-0.4, -0.2) is 77.6 Å². The number of hydrogen-bond acceptors (Lipinski definition) is 18. The van der Waals surface area contributed by atoms with E-state index in [1.165, 1.54) is 17.6 Å². The highest BCUT2D eigenvalue weighted by Gasteiger charge is 2.42. The number of hydrogen-bond donors (Lipinski definition) is 1. The van der Waals surface area contributed by atoms with Gasteiger partial charge in [-0.05, 0) is 51.7 Å². The van der Waals surface area contributed by atoms with Gasteiger partial charge in [0.1, 0.15) is 24.2 Å². The van der Waals surface area contributed by atoms with Crippen molar-refractivity contribution in [2.45, 2.75) is 52.2 Å². The molecule has 2 aromatic heterocycles. The van der Waals surface area contributed by atoms with Gasteiger partial charge in [-0.2, -0.15) is 0 Å². The molecule has 2 atom stereocenters. The number of nitro benzene ring substituents is 4. The molecule has 23 nitrogen and oxygen atoms in total. The summed E-state index contributed by atoms with van der Waals surface area (Å²) in [7, 11) is 3.70. The van der Waals surface area contributed by atoms with E-state index in [4.69, 9.17) is 19.3 Å². The Morgan fingerprint density at radius 1 is 0.935 bits per heavy atom. The number of phenolic OH excluding ortho intramolecular Hbond substituents is 1. The minimum Gasteiger partial charge on any atom is -0.508 e. The molecule has 0 radical (unpaired) electrons. The molecule has 0 saturated carbocycles. The third kappa shape index (κ3) is 7.25. The fourth-order valence-electron chi connectivity index (χ4n) is 7.58. The van der Waals surface area contributed by atoms with E-state index in [2.05, 4.69) is 5.16 Å². The van der Waals surface area contributed by atoms with Crippen molar-refractivity contribution < 1.29 is 48.7 Å². The number of nitrogens with zero attached hydrogens (tertiary/aromatic N) is 8. The van der Waals surface area contributed by atoms with Crippen molar-refractivity contribution in [1.29, 1.82) is 0 Å². The maximum atomic E-state index is 14.1. The summed E-state index contributed by atoms with van der Waals surface area (Å²) in [6.07, 6.45) is -2.75. The molecule has 0 fully saturated rings. The molecule has 0 saturated heterocycles. The highest BCUT2D eigenvalue weighted by atomic mass is 16.7. The lowest BCUT2D eigenvalue weighted by Gasteiger charge is -2.22. The zero-order chi connectivity index (χ0) is 44.9. The van der Waals surface area contributed by atoms with Crippen molar-refractivity contribution in [2.75, 3.05) is 14.1 Å². The van der Waals surface area contributed by atoms with E-state index in [1.807, 2.05) is 25.1 Å². The molecule has 2 aliphatic rings. The number of nitro groups is 4. The Balaban J connectivity index is 1.26. The van der Waals surface area contributed by atoms with Gasteiger partial charge in [0.05, 0.1) is 72.0 Å². The van der Waals surface area contributed by atoms with Crippen molar-refractivity contribution in [3.63, 3.8) is 0 Å². The van der Waals surface area contributed by atoms with Crippen LogP contribution >= 0.6 is 0 Å². The number of esters is 1. The number of oxime groups is 1. The lowest BCUT2D eigenvalue weighted by Crippen LogP contribution is -2.29. The Morgan fingerprint density at radius 3 is 2.08 bits per heavy atom. The first-order valence-corrected chi connectivity index (χ1v) is 18.5. The van der Waals surface area contributed by atoms with E-state index in [9.17, 15) is 59.9 Å². The van der Waals surface area contributed by atoms with Crippen LogP contribution in [0.2, 0.25) is 0 Å². The van der Waals surface area contributed by atoms with Gasteiger partial charge in [-0.1, -0.05) is 12.1 Å². The van der Waals surface area contributed by atoms with Gasteiger partial charge in [-0.15, -0.1) is 0 Å². The summed E-state index contributed by atoms with van der Waals surface area (Å²) in [5, 5.41) is 63.2. The van der Waals surface area contributed by atoms with Gasteiger partial charge < -0.3 is 28.9 Å². The molecule has 23 heteroatoms. The molecule has 5 aromatic rings. The van der Waals surface area contributed by atoms with Gasteiger partial charge in [0.2, 0.25) is 6.10 Å². The lowest BCUT2D eigenvalue weighted by molar-refractivity contribution is -0.395. The first-order valence-electron chi connectivity index (χ1n) is 18.5.